The molecule has 3 amide bonds. The quantitative estimate of drug-likeness (QED) is 0.409. The molecule has 0 fully saturated rings. The van der Waals surface area contributed by atoms with E-state index in [0.29, 0.717) is 34.4 Å². The number of carbonyl (C=O) groups is 3. The van der Waals surface area contributed by atoms with Crippen molar-refractivity contribution in [1.29, 1.82) is 0 Å². The lowest BCUT2D eigenvalue weighted by Gasteiger charge is -2.27. The van der Waals surface area contributed by atoms with Crippen LogP contribution in [0.1, 0.15) is 36.5 Å². The van der Waals surface area contributed by atoms with E-state index < -0.39 is 11.3 Å². The number of halogens is 1. The zero-order chi connectivity index (χ0) is 28.2. The highest BCUT2D eigenvalue weighted by Gasteiger charge is 2.43. The van der Waals surface area contributed by atoms with Crippen LogP contribution < -0.4 is 10.6 Å². The summed E-state index contributed by atoms with van der Waals surface area (Å²) in [5, 5.41) is 5.56. The van der Waals surface area contributed by atoms with Crippen molar-refractivity contribution in [3.05, 3.63) is 95.3 Å². The van der Waals surface area contributed by atoms with Crippen LogP contribution in [-0.2, 0) is 20.9 Å². The molecule has 0 aromatic heterocycles. The summed E-state index contributed by atoms with van der Waals surface area (Å²) >= 11 is 1.20. The van der Waals surface area contributed by atoms with E-state index in [1.807, 2.05) is 62.4 Å². The number of hydrogen-bond donors (Lipinski definition) is 2. The SMILES string of the molecule is CCC(SC1=Nc2ccccc2C2=NC(CC(=O)NCc3ccc(F)cc3)C(=O)N12)C(=O)Nc1cccc(C)c1. The highest BCUT2D eigenvalue weighted by Crippen LogP contribution is 2.36. The number of nitrogens with one attached hydrogen (secondary N) is 2. The van der Waals surface area contributed by atoms with Gasteiger partial charge in [-0.15, -0.1) is 0 Å². The average molecular weight is 558 g/mol. The van der Waals surface area contributed by atoms with E-state index in [0.717, 1.165) is 11.1 Å². The van der Waals surface area contributed by atoms with Gasteiger partial charge in [0.1, 0.15) is 17.7 Å². The molecular formula is C30H28FN5O3S. The van der Waals surface area contributed by atoms with Gasteiger partial charge in [0.05, 0.1) is 17.4 Å². The Kier molecular flexibility index (Phi) is 8.06. The fraction of sp³-hybridized carbons (Fsp3) is 0.233. The molecule has 0 spiro atoms. The molecule has 2 unspecified atom stereocenters. The highest BCUT2D eigenvalue weighted by molar-refractivity contribution is 8.15. The van der Waals surface area contributed by atoms with E-state index in [2.05, 4.69) is 15.6 Å². The lowest BCUT2D eigenvalue weighted by molar-refractivity contribution is -0.128. The lowest BCUT2D eigenvalue weighted by Crippen LogP contribution is -2.43. The Morgan fingerprint density at radius 2 is 1.85 bits per heavy atom. The van der Waals surface area contributed by atoms with Gasteiger partial charge in [0.25, 0.3) is 5.91 Å². The average Bonchev–Trinajstić information content (AvgIpc) is 3.27. The Labute approximate surface area is 235 Å². The summed E-state index contributed by atoms with van der Waals surface area (Å²) in [6, 6.07) is 19.8. The van der Waals surface area contributed by atoms with Crippen LogP contribution >= 0.6 is 11.8 Å². The minimum absolute atomic E-state index is 0.148. The van der Waals surface area contributed by atoms with Gasteiger partial charge in [-0.3, -0.25) is 19.4 Å². The summed E-state index contributed by atoms with van der Waals surface area (Å²) in [5.74, 6) is -0.852. The van der Waals surface area contributed by atoms with Crippen molar-refractivity contribution in [3.63, 3.8) is 0 Å². The topological polar surface area (TPSA) is 103 Å². The van der Waals surface area contributed by atoms with Crippen molar-refractivity contribution in [2.45, 2.75) is 44.5 Å². The molecule has 40 heavy (non-hydrogen) atoms. The number of thioether (sulfide) groups is 1. The molecule has 204 valence electrons. The van der Waals surface area contributed by atoms with Gasteiger partial charge in [-0.2, -0.15) is 0 Å². The molecular weight excluding hydrogens is 529 g/mol. The molecule has 8 nitrogen and oxygen atoms in total. The Hall–Kier alpha value is -4.31. The second-order valence-electron chi connectivity index (χ2n) is 9.53. The number of anilines is 1. The van der Waals surface area contributed by atoms with Crippen LogP contribution in [0.25, 0.3) is 0 Å². The molecule has 0 bridgehead atoms. The van der Waals surface area contributed by atoms with Crippen LogP contribution in [0.3, 0.4) is 0 Å². The van der Waals surface area contributed by atoms with Gasteiger partial charge in [0.2, 0.25) is 11.8 Å². The monoisotopic (exact) mass is 557 g/mol. The largest absolute Gasteiger partial charge is 0.352 e. The summed E-state index contributed by atoms with van der Waals surface area (Å²) in [7, 11) is 0. The van der Waals surface area contributed by atoms with E-state index in [-0.39, 0.29) is 36.5 Å². The summed E-state index contributed by atoms with van der Waals surface area (Å²) in [6.07, 6.45) is 0.359. The first-order valence-electron chi connectivity index (χ1n) is 13.0. The van der Waals surface area contributed by atoms with Crippen molar-refractivity contribution < 1.29 is 18.8 Å². The van der Waals surface area contributed by atoms with Crippen molar-refractivity contribution in [3.8, 4) is 0 Å². The standard InChI is InChI=1S/C30H28FN5O3S/c1-3-25(28(38)33-21-8-6-7-18(2)15-21)40-30-35-23-10-5-4-9-22(23)27-34-24(29(39)36(27)30)16-26(37)32-17-19-11-13-20(31)14-12-19/h4-15,24-25H,3,16-17H2,1-2H3,(H,32,37)(H,33,38). The van der Waals surface area contributed by atoms with Crippen LogP contribution in [0.15, 0.2) is 82.8 Å². The minimum atomic E-state index is -0.929. The first-order chi connectivity index (χ1) is 19.3. The van der Waals surface area contributed by atoms with Crippen molar-refractivity contribution in [2.24, 2.45) is 9.98 Å². The van der Waals surface area contributed by atoms with Gasteiger partial charge < -0.3 is 10.6 Å². The fourth-order valence-electron chi connectivity index (χ4n) is 4.46. The predicted octanol–water partition coefficient (Wildman–Crippen LogP) is 4.95. The number of aryl methyl sites for hydroxylation is 1. The van der Waals surface area contributed by atoms with Crippen LogP contribution in [-0.4, -0.2) is 44.9 Å². The highest BCUT2D eigenvalue weighted by atomic mass is 32.2. The number of amides is 3. The lowest BCUT2D eigenvalue weighted by atomic mass is 10.1. The minimum Gasteiger partial charge on any atom is -0.352 e. The molecule has 2 atom stereocenters. The van der Waals surface area contributed by atoms with Gasteiger partial charge in [0.15, 0.2) is 5.17 Å². The third-order valence-corrected chi connectivity index (χ3v) is 7.84. The number of carbonyl (C=O) groups excluding carboxylic acids is 3. The molecule has 3 aromatic carbocycles. The second kappa shape index (κ2) is 11.8. The van der Waals surface area contributed by atoms with Gasteiger partial charge in [-0.25, -0.2) is 14.3 Å². The molecule has 2 N–H and O–H groups in total. The maximum absolute atomic E-state index is 13.6. The predicted molar refractivity (Wildman–Crippen MR) is 155 cm³/mol. The number of rotatable bonds is 8. The van der Waals surface area contributed by atoms with Crippen LogP contribution in [0.4, 0.5) is 15.8 Å². The number of amidine groups is 2. The molecule has 2 heterocycles. The van der Waals surface area contributed by atoms with Crippen molar-refractivity contribution in [1.82, 2.24) is 10.2 Å². The number of fused-ring (bicyclic) bond motifs is 3. The Bertz CT molecular complexity index is 1520. The third kappa shape index (κ3) is 5.96. The Morgan fingerprint density at radius 1 is 1.07 bits per heavy atom. The van der Waals surface area contributed by atoms with Crippen LogP contribution in [0.2, 0.25) is 0 Å². The molecule has 2 aliphatic rings. The van der Waals surface area contributed by atoms with Crippen molar-refractivity contribution in [2.75, 3.05) is 5.32 Å². The second-order valence-corrected chi connectivity index (χ2v) is 10.7. The molecule has 5 rings (SSSR count). The fourth-order valence-corrected chi connectivity index (χ4v) is 5.48. The van der Waals surface area contributed by atoms with E-state index >= 15 is 0 Å². The normalized spacial score (nSPS) is 16.4. The number of hydrogen-bond acceptors (Lipinski definition) is 6. The molecule has 0 radical (unpaired) electrons. The molecule has 10 heteroatoms. The molecule has 2 aliphatic heterocycles. The summed E-state index contributed by atoms with van der Waals surface area (Å²) in [6.45, 7) is 4.06. The number of benzene rings is 3. The maximum atomic E-state index is 13.6. The molecule has 0 aliphatic carbocycles. The Morgan fingerprint density at radius 3 is 2.60 bits per heavy atom. The van der Waals surface area contributed by atoms with Gasteiger partial charge in [0, 0.05) is 17.8 Å². The maximum Gasteiger partial charge on any atom is 0.259 e. The van der Waals surface area contributed by atoms with Crippen LogP contribution in [0.5, 0.6) is 0 Å². The third-order valence-electron chi connectivity index (χ3n) is 6.53. The van der Waals surface area contributed by atoms with Gasteiger partial charge in [-0.1, -0.05) is 55.1 Å². The van der Waals surface area contributed by atoms with E-state index in [9.17, 15) is 18.8 Å². The smallest absolute Gasteiger partial charge is 0.259 e. The summed E-state index contributed by atoms with van der Waals surface area (Å²) in [5.41, 5.74) is 3.80. The molecule has 0 saturated carbocycles. The first kappa shape index (κ1) is 27.3. The summed E-state index contributed by atoms with van der Waals surface area (Å²) < 4.78 is 13.2. The first-order valence-corrected chi connectivity index (χ1v) is 13.9. The molecule has 3 aromatic rings. The van der Waals surface area contributed by atoms with Crippen LogP contribution in [0, 0.1) is 12.7 Å². The zero-order valence-electron chi connectivity index (χ0n) is 22.1. The van der Waals surface area contributed by atoms with Gasteiger partial charge >= 0.3 is 0 Å². The Balaban J connectivity index is 1.32. The number of nitrogens with zero attached hydrogens (tertiary/aromatic N) is 3. The van der Waals surface area contributed by atoms with E-state index in [1.165, 1.54) is 28.8 Å². The molecule has 0 saturated heterocycles. The van der Waals surface area contributed by atoms with Crippen molar-refractivity contribution >= 4 is 51.9 Å². The number of para-hydroxylation sites is 1. The zero-order valence-corrected chi connectivity index (χ0v) is 22.9. The number of aliphatic imine (C=N–C) groups is 2. The van der Waals surface area contributed by atoms with E-state index in [1.54, 1.807) is 12.1 Å². The van der Waals surface area contributed by atoms with Gasteiger partial charge in [-0.05, 0) is 60.9 Å². The van der Waals surface area contributed by atoms with E-state index in [4.69, 9.17) is 4.99 Å². The summed E-state index contributed by atoms with van der Waals surface area (Å²) in [4.78, 5) is 50.2.